The summed E-state index contributed by atoms with van der Waals surface area (Å²) < 4.78 is 0. The van der Waals surface area contributed by atoms with Crippen LogP contribution in [0.1, 0.15) is 51.4 Å². The molecule has 0 heterocycles. The topological polar surface area (TPSA) is 57.6 Å². The second kappa shape index (κ2) is 7.75. The van der Waals surface area contributed by atoms with Gasteiger partial charge >= 0.3 is 5.97 Å². The highest BCUT2D eigenvalue weighted by molar-refractivity contribution is 5.77. The van der Waals surface area contributed by atoms with E-state index in [1.54, 1.807) is 4.90 Å². The lowest BCUT2D eigenvalue weighted by Crippen LogP contribution is -2.39. The van der Waals surface area contributed by atoms with E-state index >= 15 is 0 Å². The minimum atomic E-state index is -0.807. The molecule has 1 aliphatic carbocycles. The van der Waals surface area contributed by atoms with Crippen LogP contribution in [0.3, 0.4) is 0 Å². The lowest BCUT2D eigenvalue weighted by Gasteiger charge is -2.27. The van der Waals surface area contributed by atoms with Gasteiger partial charge in [0.2, 0.25) is 5.91 Å². The highest BCUT2D eigenvalue weighted by Gasteiger charge is 2.25. The first-order chi connectivity index (χ1) is 8.65. The molecule has 0 aromatic heterocycles. The van der Waals surface area contributed by atoms with Gasteiger partial charge in [-0.3, -0.25) is 9.59 Å². The molecule has 1 amide bonds. The Bertz CT molecular complexity index is 326. The summed E-state index contributed by atoms with van der Waals surface area (Å²) in [5, 5.41) is 8.52. The molecule has 18 heavy (non-hydrogen) atoms. The molecule has 1 saturated carbocycles. The number of nitrogens with zero attached hydrogens (tertiary/aromatic N) is 1. The van der Waals surface area contributed by atoms with Crippen LogP contribution in [0.5, 0.6) is 0 Å². The third kappa shape index (κ3) is 4.79. The van der Waals surface area contributed by atoms with Crippen LogP contribution in [0.25, 0.3) is 0 Å². The Labute approximate surface area is 108 Å². The maximum absolute atomic E-state index is 12.0. The fourth-order valence-corrected chi connectivity index (χ4v) is 2.43. The molecule has 1 rings (SSSR count). The fraction of sp³-hybridized carbons (Fsp3) is 0.714. The maximum atomic E-state index is 12.0. The van der Waals surface area contributed by atoms with Gasteiger partial charge < -0.3 is 10.0 Å². The first-order valence-electron chi connectivity index (χ1n) is 6.60. The van der Waals surface area contributed by atoms with Gasteiger partial charge in [-0.25, -0.2) is 0 Å². The van der Waals surface area contributed by atoms with Crippen LogP contribution in [-0.4, -0.2) is 34.5 Å². The monoisotopic (exact) mass is 251 g/mol. The molecule has 0 radical (unpaired) electrons. The average molecular weight is 251 g/mol. The van der Waals surface area contributed by atoms with Crippen LogP contribution < -0.4 is 0 Å². The number of aliphatic carboxylic acids is 1. The first kappa shape index (κ1) is 14.6. The summed E-state index contributed by atoms with van der Waals surface area (Å²) >= 11 is 0. The molecular formula is C14H21NO3. The Kier molecular flexibility index (Phi) is 6.27. The fourth-order valence-electron chi connectivity index (χ4n) is 2.43. The standard InChI is InChI=1S/C14H21NO3/c1-2-11-15(12-7-3-4-8-12)13(16)9-5-6-10-14(17)18/h1,12H,3-11H2,(H,17,18). The van der Waals surface area contributed by atoms with Gasteiger partial charge in [0.15, 0.2) is 0 Å². The van der Waals surface area contributed by atoms with Gasteiger partial charge in [0, 0.05) is 18.9 Å². The molecule has 0 aliphatic heterocycles. The predicted molar refractivity (Wildman–Crippen MR) is 68.9 cm³/mol. The molecule has 100 valence electrons. The molecule has 0 saturated heterocycles. The normalized spacial score (nSPS) is 15.3. The number of unbranched alkanes of at least 4 members (excludes halogenated alkanes) is 1. The molecule has 1 aliphatic rings. The Hall–Kier alpha value is -1.50. The van der Waals surface area contributed by atoms with Crippen molar-refractivity contribution in [1.29, 1.82) is 0 Å². The van der Waals surface area contributed by atoms with Crippen LogP contribution in [0.4, 0.5) is 0 Å². The Balaban J connectivity index is 2.35. The SMILES string of the molecule is C#CCN(C(=O)CCCCC(=O)O)C1CCCC1. The van der Waals surface area contributed by atoms with Crippen LogP contribution in [-0.2, 0) is 9.59 Å². The van der Waals surface area contributed by atoms with Gasteiger partial charge in [0.05, 0.1) is 6.54 Å². The second-order valence-corrected chi connectivity index (χ2v) is 4.76. The van der Waals surface area contributed by atoms with E-state index < -0.39 is 5.97 Å². The lowest BCUT2D eigenvalue weighted by atomic mass is 10.1. The minimum absolute atomic E-state index is 0.0743. The van der Waals surface area contributed by atoms with Crippen LogP contribution in [0.2, 0.25) is 0 Å². The molecule has 0 aromatic carbocycles. The zero-order valence-corrected chi connectivity index (χ0v) is 10.7. The number of amides is 1. The van der Waals surface area contributed by atoms with Gasteiger partial charge in [-0.2, -0.15) is 0 Å². The summed E-state index contributed by atoms with van der Waals surface area (Å²) in [6.07, 6.45) is 11.4. The quantitative estimate of drug-likeness (QED) is 0.556. The number of rotatable bonds is 7. The van der Waals surface area contributed by atoms with E-state index in [1.807, 2.05) is 0 Å². The number of hydrogen-bond donors (Lipinski definition) is 1. The molecule has 1 N–H and O–H groups in total. The smallest absolute Gasteiger partial charge is 0.303 e. The van der Waals surface area contributed by atoms with Crippen molar-refractivity contribution in [2.45, 2.75) is 57.4 Å². The summed E-state index contributed by atoms with van der Waals surface area (Å²) in [5.74, 6) is 1.81. The molecule has 0 spiro atoms. The lowest BCUT2D eigenvalue weighted by molar-refractivity contribution is -0.137. The molecule has 4 nitrogen and oxygen atoms in total. The van der Waals surface area contributed by atoms with E-state index in [0.29, 0.717) is 31.8 Å². The highest BCUT2D eigenvalue weighted by Crippen LogP contribution is 2.24. The molecule has 1 fully saturated rings. The summed E-state index contributed by atoms with van der Waals surface area (Å²) in [6, 6.07) is 0.299. The Morgan fingerprint density at radius 2 is 1.83 bits per heavy atom. The van der Waals surface area contributed by atoms with E-state index in [-0.39, 0.29) is 12.3 Å². The number of carboxylic acids is 1. The van der Waals surface area contributed by atoms with Crippen LogP contribution >= 0.6 is 0 Å². The van der Waals surface area contributed by atoms with E-state index in [9.17, 15) is 9.59 Å². The molecule has 0 bridgehead atoms. The van der Waals surface area contributed by atoms with E-state index in [1.165, 1.54) is 0 Å². The Morgan fingerprint density at radius 1 is 1.22 bits per heavy atom. The third-order valence-electron chi connectivity index (χ3n) is 3.38. The molecule has 4 heteroatoms. The number of carbonyl (C=O) groups excluding carboxylic acids is 1. The van der Waals surface area contributed by atoms with Crippen LogP contribution in [0, 0.1) is 12.3 Å². The van der Waals surface area contributed by atoms with E-state index in [0.717, 1.165) is 25.7 Å². The molecular weight excluding hydrogens is 230 g/mol. The van der Waals surface area contributed by atoms with Crippen molar-refractivity contribution in [3.05, 3.63) is 0 Å². The summed E-state index contributed by atoms with van der Waals surface area (Å²) in [4.78, 5) is 24.2. The van der Waals surface area contributed by atoms with Gasteiger partial charge in [-0.05, 0) is 25.7 Å². The Morgan fingerprint density at radius 3 is 2.39 bits per heavy atom. The highest BCUT2D eigenvalue weighted by atomic mass is 16.4. The molecule has 0 aromatic rings. The zero-order chi connectivity index (χ0) is 13.4. The summed E-state index contributed by atoms with van der Waals surface area (Å²) in [6.45, 7) is 0.377. The number of terminal acetylenes is 1. The van der Waals surface area contributed by atoms with Gasteiger partial charge in [-0.1, -0.05) is 18.8 Å². The third-order valence-corrected chi connectivity index (χ3v) is 3.38. The predicted octanol–water partition coefficient (Wildman–Crippen LogP) is 2.04. The zero-order valence-electron chi connectivity index (χ0n) is 10.7. The molecule has 0 unspecified atom stereocenters. The first-order valence-corrected chi connectivity index (χ1v) is 6.60. The molecule has 0 atom stereocenters. The van der Waals surface area contributed by atoms with Crippen LogP contribution in [0.15, 0.2) is 0 Å². The summed E-state index contributed by atoms with van der Waals surface area (Å²) in [7, 11) is 0. The second-order valence-electron chi connectivity index (χ2n) is 4.76. The van der Waals surface area contributed by atoms with Gasteiger partial charge in [-0.15, -0.1) is 6.42 Å². The van der Waals surface area contributed by atoms with Crippen molar-refractivity contribution in [2.24, 2.45) is 0 Å². The minimum Gasteiger partial charge on any atom is -0.481 e. The number of carbonyl (C=O) groups is 2. The average Bonchev–Trinajstić information content (AvgIpc) is 2.84. The van der Waals surface area contributed by atoms with E-state index in [2.05, 4.69) is 5.92 Å². The maximum Gasteiger partial charge on any atom is 0.303 e. The number of carboxylic acid groups (broad SMARTS) is 1. The van der Waals surface area contributed by atoms with Crippen molar-refractivity contribution in [3.63, 3.8) is 0 Å². The van der Waals surface area contributed by atoms with E-state index in [4.69, 9.17) is 11.5 Å². The van der Waals surface area contributed by atoms with Gasteiger partial charge in [0.25, 0.3) is 0 Å². The largest absolute Gasteiger partial charge is 0.481 e. The van der Waals surface area contributed by atoms with Crippen molar-refractivity contribution >= 4 is 11.9 Å². The van der Waals surface area contributed by atoms with Crippen molar-refractivity contribution in [3.8, 4) is 12.3 Å². The summed E-state index contributed by atoms with van der Waals surface area (Å²) in [5.41, 5.74) is 0. The van der Waals surface area contributed by atoms with Gasteiger partial charge in [0.1, 0.15) is 0 Å². The van der Waals surface area contributed by atoms with Crippen molar-refractivity contribution < 1.29 is 14.7 Å². The van der Waals surface area contributed by atoms with Crippen molar-refractivity contribution in [2.75, 3.05) is 6.54 Å². The van der Waals surface area contributed by atoms with Crippen molar-refractivity contribution in [1.82, 2.24) is 4.90 Å². The number of hydrogen-bond acceptors (Lipinski definition) is 2.